The molecule has 0 fully saturated rings. The van der Waals surface area contributed by atoms with Crippen LogP contribution in [0.5, 0.6) is 0 Å². The summed E-state index contributed by atoms with van der Waals surface area (Å²) >= 11 is 0. The van der Waals surface area contributed by atoms with E-state index >= 15 is 0 Å². The van der Waals surface area contributed by atoms with Gasteiger partial charge in [0.1, 0.15) is 0 Å². The Balaban J connectivity index is 2.26. The van der Waals surface area contributed by atoms with E-state index in [-0.39, 0.29) is 12.5 Å². The molecule has 0 aromatic heterocycles. The molecule has 0 radical (unpaired) electrons. The lowest BCUT2D eigenvalue weighted by atomic mass is 10.2. The predicted molar refractivity (Wildman–Crippen MR) is 75.1 cm³/mol. The van der Waals surface area contributed by atoms with Crippen molar-refractivity contribution in [1.82, 2.24) is 16.0 Å². The van der Waals surface area contributed by atoms with Crippen molar-refractivity contribution >= 4 is 17.6 Å². The van der Waals surface area contributed by atoms with Crippen molar-refractivity contribution in [1.29, 1.82) is 0 Å². The van der Waals surface area contributed by atoms with Crippen LogP contribution in [-0.2, 0) is 4.79 Å². The van der Waals surface area contributed by atoms with Crippen molar-refractivity contribution in [3.05, 3.63) is 29.8 Å². The first-order valence-electron chi connectivity index (χ1n) is 6.14. The van der Waals surface area contributed by atoms with Gasteiger partial charge in [0.15, 0.2) is 0 Å². The van der Waals surface area contributed by atoms with E-state index in [0.717, 1.165) is 5.56 Å². The molecule has 0 saturated carbocycles. The van der Waals surface area contributed by atoms with Crippen LogP contribution in [0.3, 0.4) is 0 Å². The second-order valence-electron chi connectivity index (χ2n) is 4.13. The third kappa shape index (κ3) is 6.42. The molecule has 0 atom stereocenters. The van der Waals surface area contributed by atoms with E-state index in [9.17, 15) is 9.59 Å². The van der Waals surface area contributed by atoms with Crippen LogP contribution < -0.4 is 21.3 Å². The first-order chi connectivity index (χ1) is 9.11. The molecule has 0 aliphatic heterocycles. The maximum atomic E-state index is 11.5. The first kappa shape index (κ1) is 15.0. The van der Waals surface area contributed by atoms with Gasteiger partial charge in [0, 0.05) is 18.8 Å². The molecule has 1 aromatic carbocycles. The van der Waals surface area contributed by atoms with E-state index in [1.807, 2.05) is 25.1 Å². The fraction of sp³-hybridized carbons (Fsp3) is 0.385. The molecular weight excluding hydrogens is 244 g/mol. The van der Waals surface area contributed by atoms with E-state index < -0.39 is 6.03 Å². The standard InChI is InChI=1S/C13H20N4O2/c1-10-4-3-5-11(8-10)17-13(19)16-9-12(18)15-7-6-14-2/h3-5,8,14H,6-7,9H2,1-2H3,(H,15,18)(H2,16,17,19). The highest BCUT2D eigenvalue weighted by atomic mass is 16.2. The Morgan fingerprint density at radius 3 is 2.63 bits per heavy atom. The van der Waals surface area contributed by atoms with Crippen molar-refractivity contribution in [2.75, 3.05) is 32.0 Å². The van der Waals surface area contributed by atoms with Gasteiger partial charge in [0.25, 0.3) is 0 Å². The highest BCUT2D eigenvalue weighted by Gasteiger charge is 2.04. The molecule has 19 heavy (non-hydrogen) atoms. The second-order valence-corrected chi connectivity index (χ2v) is 4.13. The number of hydrogen-bond donors (Lipinski definition) is 4. The van der Waals surface area contributed by atoms with Crippen LogP contribution in [0.2, 0.25) is 0 Å². The molecule has 1 rings (SSSR count). The Morgan fingerprint density at radius 1 is 1.16 bits per heavy atom. The number of aryl methyl sites for hydroxylation is 1. The van der Waals surface area contributed by atoms with Gasteiger partial charge in [-0.1, -0.05) is 12.1 Å². The summed E-state index contributed by atoms with van der Waals surface area (Å²) in [6.07, 6.45) is 0. The van der Waals surface area contributed by atoms with Gasteiger partial charge in [0.05, 0.1) is 6.54 Å². The zero-order valence-corrected chi connectivity index (χ0v) is 11.2. The number of benzene rings is 1. The average molecular weight is 264 g/mol. The monoisotopic (exact) mass is 264 g/mol. The molecule has 0 saturated heterocycles. The van der Waals surface area contributed by atoms with Crippen LogP contribution in [-0.4, -0.2) is 38.6 Å². The Bertz CT molecular complexity index is 434. The quantitative estimate of drug-likeness (QED) is 0.563. The zero-order chi connectivity index (χ0) is 14.1. The summed E-state index contributed by atoms with van der Waals surface area (Å²) in [5.74, 6) is -0.213. The average Bonchev–Trinajstić information content (AvgIpc) is 2.37. The maximum Gasteiger partial charge on any atom is 0.319 e. The van der Waals surface area contributed by atoms with Crippen molar-refractivity contribution in [3.63, 3.8) is 0 Å². The minimum absolute atomic E-state index is 0.0403. The van der Waals surface area contributed by atoms with Gasteiger partial charge in [0.2, 0.25) is 5.91 Å². The molecule has 1 aromatic rings. The van der Waals surface area contributed by atoms with E-state index in [1.54, 1.807) is 13.1 Å². The molecule has 6 nitrogen and oxygen atoms in total. The minimum atomic E-state index is -0.394. The van der Waals surface area contributed by atoms with Gasteiger partial charge in [-0.2, -0.15) is 0 Å². The van der Waals surface area contributed by atoms with Crippen LogP contribution in [0, 0.1) is 6.92 Å². The van der Waals surface area contributed by atoms with Gasteiger partial charge < -0.3 is 21.3 Å². The molecule has 3 amide bonds. The third-order valence-corrected chi connectivity index (χ3v) is 2.38. The lowest BCUT2D eigenvalue weighted by molar-refractivity contribution is -0.120. The summed E-state index contributed by atoms with van der Waals surface area (Å²) in [5, 5.41) is 10.7. The second kappa shape index (κ2) is 8.10. The molecule has 0 aliphatic carbocycles. The largest absolute Gasteiger partial charge is 0.353 e. The molecule has 0 unspecified atom stereocenters. The molecule has 4 N–H and O–H groups in total. The van der Waals surface area contributed by atoms with Gasteiger partial charge >= 0.3 is 6.03 Å². The maximum absolute atomic E-state index is 11.5. The van der Waals surface area contributed by atoms with Gasteiger partial charge in [-0.05, 0) is 31.7 Å². The van der Waals surface area contributed by atoms with Crippen molar-refractivity contribution < 1.29 is 9.59 Å². The van der Waals surface area contributed by atoms with Crippen LogP contribution in [0.4, 0.5) is 10.5 Å². The number of amides is 3. The molecule has 104 valence electrons. The Kier molecular flexibility index (Phi) is 6.38. The zero-order valence-electron chi connectivity index (χ0n) is 11.2. The van der Waals surface area contributed by atoms with Crippen LogP contribution >= 0.6 is 0 Å². The van der Waals surface area contributed by atoms with Gasteiger partial charge in [-0.3, -0.25) is 4.79 Å². The lowest BCUT2D eigenvalue weighted by Crippen LogP contribution is -2.40. The SMILES string of the molecule is CNCCNC(=O)CNC(=O)Nc1cccc(C)c1. The molecular formula is C13H20N4O2. The normalized spacial score (nSPS) is 9.79. The number of nitrogens with one attached hydrogen (secondary N) is 4. The molecule has 0 bridgehead atoms. The summed E-state index contributed by atoms with van der Waals surface area (Å²) in [7, 11) is 1.81. The summed E-state index contributed by atoms with van der Waals surface area (Å²) in [6.45, 7) is 3.14. The van der Waals surface area contributed by atoms with Crippen LogP contribution in [0.15, 0.2) is 24.3 Å². The highest BCUT2D eigenvalue weighted by molar-refractivity contribution is 5.92. The van der Waals surface area contributed by atoms with E-state index in [4.69, 9.17) is 0 Å². The number of rotatable bonds is 6. The summed E-state index contributed by atoms with van der Waals surface area (Å²) in [5.41, 5.74) is 1.76. The van der Waals surface area contributed by atoms with Gasteiger partial charge in [-0.25, -0.2) is 4.79 Å². The number of urea groups is 1. The van der Waals surface area contributed by atoms with E-state index in [2.05, 4.69) is 21.3 Å². The summed E-state index contributed by atoms with van der Waals surface area (Å²) in [4.78, 5) is 22.9. The molecule has 0 aliphatic rings. The fourth-order valence-corrected chi connectivity index (χ4v) is 1.45. The van der Waals surface area contributed by atoms with E-state index in [0.29, 0.717) is 18.8 Å². The van der Waals surface area contributed by atoms with Crippen LogP contribution in [0.25, 0.3) is 0 Å². The summed E-state index contributed by atoms with van der Waals surface area (Å²) in [6, 6.07) is 7.05. The van der Waals surface area contributed by atoms with Crippen molar-refractivity contribution in [2.45, 2.75) is 6.92 Å². The van der Waals surface area contributed by atoms with E-state index in [1.165, 1.54) is 0 Å². The number of hydrogen-bond acceptors (Lipinski definition) is 3. The number of likely N-dealkylation sites (N-methyl/N-ethyl adjacent to an activating group) is 1. The third-order valence-electron chi connectivity index (χ3n) is 2.38. The Labute approximate surface area is 113 Å². The summed E-state index contributed by atoms with van der Waals surface area (Å²) < 4.78 is 0. The topological polar surface area (TPSA) is 82.3 Å². The van der Waals surface area contributed by atoms with Crippen LogP contribution in [0.1, 0.15) is 5.56 Å². The lowest BCUT2D eigenvalue weighted by Gasteiger charge is -2.08. The Morgan fingerprint density at radius 2 is 1.95 bits per heavy atom. The molecule has 0 spiro atoms. The van der Waals surface area contributed by atoms with Gasteiger partial charge in [-0.15, -0.1) is 0 Å². The van der Waals surface area contributed by atoms with Crippen molar-refractivity contribution in [3.8, 4) is 0 Å². The predicted octanol–water partition coefficient (Wildman–Crippen LogP) is 0.452. The molecule has 6 heteroatoms. The minimum Gasteiger partial charge on any atom is -0.353 e. The number of anilines is 1. The number of carbonyl (C=O) groups is 2. The smallest absolute Gasteiger partial charge is 0.319 e. The highest BCUT2D eigenvalue weighted by Crippen LogP contribution is 2.08. The molecule has 0 heterocycles. The number of carbonyl (C=O) groups excluding carboxylic acids is 2. The van der Waals surface area contributed by atoms with Crippen molar-refractivity contribution in [2.24, 2.45) is 0 Å². The fourth-order valence-electron chi connectivity index (χ4n) is 1.45. The Hall–Kier alpha value is -2.08. The first-order valence-corrected chi connectivity index (χ1v) is 6.14.